The van der Waals surface area contributed by atoms with Gasteiger partial charge in [-0.25, -0.2) is 0 Å². The van der Waals surface area contributed by atoms with Gasteiger partial charge in [0.1, 0.15) is 11.8 Å². The van der Waals surface area contributed by atoms with E-state index < -0.39 is 6.04 Å². The topological polar surface area (TPSA) is 58.6 Å². The highest BCUT2D eigenvalue weighted by Crippen LogP contribution is 2.13. The van der Waals surface area contributed by atoms with Crippen molar-refractivity contribution in [3.8, 4) is 5.75 Å². The van der Waals surface area contributed by atoms with Crippen LogP contribution in [0, 0.1) is 6.92 Å². The summed E-state index contributed by atoms with van der Waals surface area (Å²) in [7, 11) is 0. The number of ether oxygens (including phenoxy) is 1. The normalized spacial score (nSPS) is 11.8. The SMILES string of the molecule is Cc1cccc(OCC(=O)N(CCc2ccccc2)C(C)C(=O)NC(C)C)c1. The van der Waals surface area contributed by atoms with Crippen LogP contribution in [0.25, 0.3) is 0 Å². The molecule has 1 N–H and O–H groups in total. The zero-order valence-electron chi connectivity index (χ0n) is 17.1. The summed E-state index contributed by atoms with van der Waals surface area (Å²) in [5.74, 6) is 0.284. The van der Waals surface area contributed by atoms with E-state index in [-0.39, 0.29) is 24.5 Å². The number of benzene rings is 2. The number of aryl methyl sites for hydroxylation is 1. The van der Waals surface area contributed by atoms with Gasteiger partial charge < -0.3 is 15.0 Å². The summed E-state index contributed by atoms with van der Waals surface area (Å²) in [4.78, 5) is 27.0. The molecule has 0 aromatic heterocycles. The zero-order chi connectivity index (χ0) is 20.5. The van der Waals surface area contributed by atoms with Crippen molar-refractivity contribution in [2.45, 2.75) is 46.2 Å². The fourth-order valence-electron chi connectivity index (χ4n) is 2.91. The number of carbonyl (C=O) groups is 2. The lowest BCUT2D eigenvalue weighted by Crippen LogP contribution is -2.51. The zero-order valence-corrected chi connectivity index (χ0v) is 17.1. The Morgan fingerprint density at radius 2 is 1.75 bits per heavy atom. The van der Waals surface area contributed by atoms with E-state index in [9.17, 15) is 9.59 Å². The molecule has 28 heavy (non-hydrogen) atoms. The molecule has 0 saturated heterocycles. The molecule has 2 aromatic rings. The summed E-state index contributed by atoms with van der Waals surface area (Å²) >= 11 is 0. The first-order valence-corrected chi connectivity index (χ1v) is 9.70. The molecule has 0 radical (unpaired) electrons. The first kappa shape index (κ1) is 21.5. The van der Waals surface area contributed by atoms with E-state index in [1.807, 2.05) is 75.4 Å². The first-order chi connectivity index (χ1) is 13.4. The molecular weight excluding hydrogens is 352 g/mol. The Hall–Kier alpha value is -2.82. The number of hydrogen-bond donors (Lipinski definition) is 1. The lowest BCUT2D eigenvalue weighted by atomic mass is 10.1. The summed E-state index contributed by atoms with van der Waals surface area (Å²) in [6, 6.07) is 17.0. The van der Waals surface area contributed by atoms with Crippen molar-refractivity contribution in [1.29, 1.82) is 0 Å². The second-order valence-corrected chi connectivity index (χ2v) is 7.27. The third-order valence-electron chi connectivity index (χ3n) is 4.43. The summed E-state index contributed by atoms with van der Waals surface area (Å²) in [6.45, 7) is 7.89. The number of carbonyl (C=O) groups excluding carboxylic acids is 2. The van der Waals surface area contributed by atoms with E-state index in [2.05, 4.69) is 5.32 Å². The van der Waals surface area contributed by atoms with Crippen molar-refractivity contribution < 1.29 is 14.3 Å². The number of hydrogen-bond acceptors (Lipinski definition) is 3. The lowest BCUT2D eigenvalue weighted by molar-refractivity contribution is -0.141. The van der Waals surface area contributed by atoms with Crippen LogP contribution >= 0.6 is 0 Å². The minimum absolute atomic E-state index is 0.0181. The molecule has 2 rings (SSSR count). The van der Waals surface area contributed by atoms with E-state index in [0.29, 0.717) is 18.7 Å². The molecule has 150 valence electrons. The van der Waals surface area contributed by atoms with Gasteiger partial charge in [0.25, 0.3) is 5.91 Å². The van der Waals surface area contributed by atoms with Gasteiger partial charge in [-0.2, -0.15) is 0 Å². The molecular formula is C23H30N2O3. The van der Waals surface area contributed by atoms with Crippen molar-refractivity contribution in [2.75, 3.05) is 13.2 Å². The molecule has 5 nitrogen and oxygen atoms in total. The van der Waals surface area contributed by atoms with Crippen molar-refractivity contribution in [3.05, 3.63) is 65.7 Å². The van der Waals surface area contributed by atoms with Crippen LogP contribution in [0.15, 0.2) is 54.6 Å². The summed E-state index contributed by atoms with van der Waals surface area (Å²) < 4.78 is 5.67. The third-order valence-corrected chi connectivity index (χ3v) is 4.43. The molecule has 0 heterocycles. The smallest absolute Gasteiger partial charge is 0.261 e. The first-order valence-electron chi connectivity index (χ1n) is 9.70. The predicted molar refractivity (Wildman–Crippen MR) is 111 cm³/mol. The highest BCUT2D eigenvalue weighted by atomic mass is 16.5. The number of amides is 2. The van der Waals surface area contributed by atoms with Gasteiger partial charge in [0.15, 0.2) is 6.61 Å². The molecule has 5 heteroatoms. The van der Waals surface area contributed by atoms with Crippen LogP contribution in [0.5, 0.6) is 5.75 Å². The van der Waals surface area contributed by atoms with Gasteiger partial charge in [0, 0.05) is 12.6 Å². The van der Waals surface area contributed by atoms with Gasteiger partial charge in [-0.3, -0.25) is 9.59 Å². The van der Waals surface area contributed by atoms with Crippen LogP contribution in [-0.4, -0.2) is 41.9 Å². The maximum absolute atomic E-state index is 12.9. The average molecular weight is 383 g/mol. The molecule has 0 aliphatic carbocycles. The monoisotopic (exact) mass is 382 g/mol. The Bertz CT molecular complexity index is 774. The van der Waals surface area contributed by atoms with Crippen LogP contribution in [-0.2, 0) is 16.0 Å². The average Bonchev–Trinajstić information content (AvgIpc) is 2.66. The van der Waals surface area contributed by atoms with Crippen LogP contribution in [0.3, 0.4) is 0 Å². The Labute approximate surface area is 167 Å². The quantitative estimate of drug-likeness (QED) is 0.723. The largest absolute Gasteiger partial charge is 0.484 e. The van der Waals surface area contributed by atoms with E-state index in [4.69, 9.17) is 4.74 Å². The molecule has 0 aliphatic heterocycles. The van der Waals surface area contributed by atoms with E-state index in [0.717, 1.165) is 11.1 Å². The van der Waals surface area contributed by atoms with Crippen LogP contribution in [0.1, 0.15) is 31.9 Å². The van der Waals surface area contributed by atoms with Gasteiger partial charge in [-0.15, -0.1) is 0 Å². The Kier molecular flexibility index (Phi) is 8.05. The maximum Gasteiger partial charge on any atom is 0.261 e. The molecule has 1 atom stereocenters. The molecule has 0 spiro atoms. The Morgan fingerprint density at radius 1 is 1.04 bits per heavy atom. The summed E-state index contributed by atoms with van der Waals surface area (Å²) in [5, 5.41) is 2.88. The Balaban J connectivity index is 2.06. The fourth-order valence-corrected chi connectivity index (χ4v) is 2.91. The standard InChI is InChI=1S/C23H30N2O3/c1-17(2)24-23(27)19(4)25(14-13-20-10-6-5-7-11-20)22(26)16-28-21-12-8-9-18(3)15-21/h5-12,15,17,19H,13-14,16H2,1-4H3,(H,24,27). The molecule has 0 bridgehead atoms. The number of rotatable bonds is 9. The predicted octanol–water partition coefficient (Wildman–Crippen LogP) is 3.36. The highest BCUT2D eigenvalue weighted by Gasteiger charge is 2.26. The summed E-state index contributed by atoms with van der Waals surface area (Å²) in [5.41, 5.74) is 2.19. The van der Waals surface area contributed by atoms with E-state index in [1.54, 1.807) is 11.8 Å². The minimum Gasteiger partial charge on any atom is -0.484 e. The van der Waals surface area contributed by atoms with Gasteiger partial charge >= 0.3 is 0 Å². The highest BCUT2D eigenvalue weighted by molar-refractivity contribution is 5.88. The van der Waals surface area contributed by atoms with Crippen molar-refractivity contribution in [2.24, 2.45) is 0 Å². The maximum atomic E-state index is 12.9. The third kappa shape index (κ3) is 6.72. The van der Waals surface area contributed by atoms with Gasteiger partial charge in [0.2, 0.25) is 5.91 Å². The van der Waals surface area contributed by atoms with E-state index >= 15 is 0 Å². The molecule has 1 unspecified atom stereocenters. The van der Waals surface area contributed by atoms with Gasteiger partial charge in [-0.1, -0.05) is 42.5 Å². The molecule has 0 fully saturated rings. The van der Waals surface area contributed by atoms with Crippen LogP contribution in [0.2, 0.25) is 0 Å². The number of nitrogens with zero attached hydrogens (tertiary/aromatic N) is 1. The second kappa shape index (κ2) is 10.5. The number of nitrogens with one attached hydrogen (secondary N) is 1. The van der Waals surface area contributed by atoms with Crippen molar-refractivity contribution in [3.63, 3.8) is 0 Å². The molecule has 0 aliphatic rings. The van der Waals surface area contributed by atoms with Crippen LogP contribution in [0.4, 0.5) is 0 Å². The molecule has 0 saturated carbocycles. The lowest BCUT2D eigenvalue weighted by Gasteiger charge is -2.29. The van der Waals surface area contributed by atoms with E-state index in [1.165, 1.54) is 0 Å². The van der Waals surface area contributed by atoms with Gasteiger partial charge in [0.05, 0.1) is 0 Å². The van der Waals surface area contributed by atoms with Crippen molar-refractivity contribution in [1.82, 2.24) is 10.2 Å². The van der Waals surface area contributed by atoms with Gasteiger partial charge in [-0.05, 0) is 57.4 Å². The molecule has 2 amide bonds. The van der Waals surface area contributed by atoms with Crippen LogP contribution < -0.4 is 10.1 Å². The second-order valence-electron chi connectivity index (χ2n) is 7.27. The summed E-state index contributed by atoms with van der Waals surface area (Å²) in [6.07, 6.45) is 0.677. The van der Waals surface area contributed by atoms with Crippen molar-refractivity contribution >= 4 is 11.8 Å². The minimum atomic E-state index is -0.570. The molecule has 2 aromatic carbocycles. The fraction of sp³-hybridized carbons (Fsp3) is 0.391. The Morgan fingerprint density at radius 3 is 2.39 bits per heavy atom.